The third kappa shape index (κ3) is 4.42. The van der Waals surface area contributed by atoms with Crippen molar-refractivity contribution in [3.8, 4) is 0 Å². The molecule has 1 amide bonds. The minimum atomic E-state index is -0.778. The fraction of sp³-hybridized carbons (Fsp3) is 0.233. The Morgan fingerprint density at radius 1 is 1.00 bits per heavy atom. The highest BCUT2D eigenvalue weighted by Gasteiger charge is 2.43. The average molecular weight is 500 g/mol. The summed E-state index contributed by atoms with van der Waals surface area (Å²) in [6.45, 7) is 4.40. The second kappa shape index (κ2) is 10.0. The number of amides is 1. The first-order valence-corrected chi connectivity index (χ1v) is 12.4. The van der Waals surface area contributed by atoms with Gasteiger partial charge >= 0.3 is 5.97 Å². The quantitative estimate of drug-likeness (QED) is 0.223. The highest BCUT2D eigenvalue weighted by atomic mass is 19.1. The van der Waals surface area contributed by atoms with E-state index in [-0.39, 0.29) is 22.3 Å². The van der Waals surface area contributed by atoms with Crippen LogP contribution >= 0.6 is 0 Å². The molecule has 0 fully saturated rings. The van der Waals surface area contributed by atoms with Gasteiger partial charge in [0.25, 0.3) is 5.91 Å². The van der Waals surface area contributed by atoms with Gasteiger partial charge in [-0.25, -0.2) is 9.18 Å². The molecule has 0 N–H and O–H groups in total. The lowest BCUT2D eigenvalue weighted by Crippen LogP contribution is -2.29. The lowest BCUT2D eigenvalue weighted by atomic mass is 9.97. The predicted molar refractivity (Wildman–Crippen MR) is 139 cm³/mol. The molecule has 6 nitrogen and oxygen atoms in total. The number of unbranched alkanes of at least 4 members (excludes halogenated alkanes) is 1. The molecule has 1 aromatic heterocycles. The SMILES string of the molecule is CCCCOC(=O)c1ccc(N2C(=O)c3oc4ccc(F)cc4c(=O)c3C2c2ccc(CC)cc2)cc1. The summed E-state index contributed by atoms with van der Waals surface area (Å²) in [5, 5.41) is 0.0775. The molecule has 7 heteroatoms. The molecule has 5 rings (SSSR count). The van der Waals surface area contributed by atoms with E-state index in [0.29, 0.717) is 17.9 Å². The number of fused-ring (bicyclic) bond motifs is 2. The van der Waals surface area contributed by atoms with Crippen LogP contribution in [-0.2, 0) is 11.2 Å². The zero-order chi connectivity index (χ0) is 26.1. The van der Waals surface area contributed by atoms with Gasteiger partial charge in [-0.05, 0) is 66.4 Å². The number of aryl methyl sites for hydroxylation is 1. The fourth-order valence-corrected chi connectivity index (χ4v) is 4.61. The number of nitrogens with zero attached hydrogens (tertiary/aromatic N) is 1. The van der Waals surface area contributed by atoms with E-state index in [0.717, 1.165) is 36.5 Å². The molecule has 0 saturated carbocycles. The maximum Gasteiger partial charge on any atom is 0.338 e. The van der Waals surface area contributed by atoms with Crippen LogP contribution in [0.25, 0.3) is 11.0 Å². The van der Waals surface area contributed by atoms with Crippen molar-refractivity contribution in [3.63, 3.8) is 0 Å². The number of esters is 1. The van der Waals surface area contributed by atoms with Crippen molar-refractivity contribution in [2.75, 3.05) is 11.5 Å². The summed E-state index contributed by atoms with van der Waals surface area (Å²) in [7, 11) is 0. The molecular formula is C30H26FNO5. The van der Waals surface area contributed by atoms with Crippen molar-refractivity contribution >= 4 is 28.5 Å². The maximum atomic E-state index is 14.0. The second-order valence-corrected chi connectivity index (χ2v) is 9.02. The molecule has 1 atom stereocenters. The van der Waals surface area contributed by atoms with Crippen LogP contribution in [0.2, 0.25) is 0 Å². The van der Waals surface area contributed by atoms with Crippen LogP contribution in [0.4, 0.5) is 10.1 Å². The lowest BCUT2D eigenvalue weighted by Gasteiger charge is -2.25. The summed E-state index contributed by atoms with van der Waals surface area (Å²) in [6.07, 6.45) is 2.53. The van der Waals surface area contributed by atoms with E-state index in [2.05, 4.69) is 0 Å². The molecule has 4 aromatic rings. The summed E-state index contributed by atoms with van der Waals surface area (Å²) >= 11 is 0. The number of hydrogen-bond acceptors (Lipinski definition) is 5. The van der Waals surface area contributed by atoms with Gasteiger partial charge in [-0.2, -0.15) is 0 Å². The summed E-state index contributed by atoms with van der Waals surface area (Å²) in [4.78, 5) is 41.1. The van der Waals surface area contributed by atoms with Crippen molar-refractivity contribution in [1.29, 1.82) is 0 Å². The number of ether oxygens (including phenoxy) is 1. The largest absolute Gasteiger partial charge is 0.462 e. The summed E-state index contributed by atoms with van der Waals surface area (Å²) < 4.78 is 25.2. The Bertz CT molecular complexity index is 1540. The lowest BCUT2D eigenvalue weighted by molar-refractivity contribution is 0.0499. The van der Waals surface area contributed by atoms with Gasteiger partial charge in [0.2, 0.25) is 5.76 Å². The number of benzene rings is 3. The molecule has 2 heterocycles. The first kappa shape index (κ1) is 24.4. The van der Waals surface area contributed by atoms with Crippen molar-refractivity contribution in [1.82, 2.24) is 0 Å². The molecular weight excluding hydrogens is 473 g/mol. The van der Waals surface area contributed by atoms with Gasteiger partial charge in [0.15, 0.2) is 5.43 Å². The topological polar surface area (TPSA) is 76.8 Å². The zero-order valence-corrected chi connectivity index (χ0v) is 20.6. The van der Waals surface area contributed by atoms with E-state index < -0.39 is 29.2 Å². The van der Waals surface area contributed by atoms with E-state index >= 15 is 0 Å². The Morgan fingerprint density at radius 2 is 1.73 bits per heavy atom. The van der Waals surface area contributed by atoms with Crippen molar-refractivity contribution < 1.29 is 23.1 Å². The fourth-order valence-electron chi connectivity index (χ4n) is 4.61. The molecule has 1 unspecified atom stereocenters. The Morgan fingerprint density at radius 3 is 2.41 bits per heavy atom. The minimum absolute atomic E-state index is 0.0725. The van der Waals surface area contributed by atoms with Crippen molar-refractivity contribution in [3.05, 3.63) is 111 Å². The first-order valence-electron chi connectivity index (χ1n) is 12.4. The van der Waals surface area contributed by atoms with E-state index in [1.54, 1.807) is 24.3 Å². The molecule has 0 bridgehead atoms. The maximum absolute atomic E-state index is 14.0. The standard InChI is InChI=1S/C30H26FNO5/c1-3-5-16-36-30(35)20-10-13-22(14-11-20)32-26(19-8-6-18(4-2)7-9-19)25-27(33)23-17-21(31)12-15-24(23)37-28(25)29(32)34/h6-15,17,26H,3-5,16H2,1-2H3. The normalized spacial score (nSPS) is 14.7. The Kier molecular flexibility index (Phi) is 6.61. The zero-order valence-electron chi connectivity index (χ0n) is 20.6. The third-order valence-electron chi connectivity index (χ3n) is 6.65. The summed E-state index contributed by atoms with van der Waals surface area (Å²) in [5.74, 6) is -1.56. The Balaban J connectivity index is 1.62. The minimum Gasteiger partial charge on any atom is -0.462 e. The summed E-state index contributed by atoms with van der Waals surface area (Å²) in [6, 6.07) is 17.1. The molecule has 0 aliphatic carbocycles. The molecule has 0 saturated heterocycles. The molecule has 1 aliphatic rings. The predicted octanol–water partition coefficient (Wildman–Crippen LogP) is 6.20. The second-order valence-electron chi connectivity index (χ2n) is 9.02. The number of carbonyl (C=O) groups excluding carboxylic acids is 2. The highest BCUT2D eigenvalue weighted by molar-refractivity contribution is 6.10. The van der Waals surface area contributed by atoms with Gasteiger partial charge in [0.05, 0.1) is 29.2 Å². The molecule has 188 valence electrons. The van der Waals surface area contributed by atoms with Crippen molar-refractivity contribution in [2.45, 2.75) is 39.2 Å². The highest BCUT2D eigenvalue weighted by Crippen LogP contribution is 2.41. The molecule has 1 aliphatic heterocycles. The van der Waals surface area contributed by atoms with Gasteiger partial charge in [-0.3, -0.25) is 14.5 Å². The van der Waals surface area contributed by atoms with E-state index in [4.69, 9.17) is 9.15 Å². The number of carbonyl (C=O) groups is 2. The van der Waals surface area contributed by atoms with Crippen LogP contribution < -0.4 is 10.3 Å². The molecule has 3 aromatic carbocycles. The number of halogens is 1. The van der Waals surface area contributed by atoms with Crippen LogP contribution in [0.3, 0.4) is 0 Å². The number of anilines is 1. The monoisotopic (exact) mass is 499 g/mol. The van der Waals surface area contributed by atoms with Gasteiger partial charge in [-0.15, -0.1) is 0 Å². The average Bonchev–Trinajstić information content (AvgIpc) is 3.21. The van der Waals surface area contributed by atoms with E-state index in [1.165, 1.54) is 17.0 Å². The number of rotatable bonds is 7. The van der Waals surface area contributed by atoms with Crippen LogP contribution in [0.1, 0.15) is 70.3 Å². The molecule has 37 heavy (non-hydrogen) atoms. The van der Waals surface area contributed by atoms with E-state index in [1.807, 2.05) is 38.1 Å². The van der Waals surface area contributed by atoms with Gasteiger partial charge < -0.3 is 9.15 Å². The Labute approximate surface area is 213 Å². The van der Waals surface area contributed by atoms with Gasteiger partial charge in [-0.1, -0.05) is 44.5 Å². The number of hydrogen-bond donors (Lipinski definition) is 0. The Hall–Kier alpha value is -4.26. The van der Waals surface area contributed by atoms with Crippen LogP contribution in [0.5, 0.6) is 0 Å². The summed E-state index contributed by atoms with van der Waals surface area (Å²) in [5.41, 5.74) is 2.53. The van der Waals surface area contributed by atoms with Crippen LogP contribution in [0.15, 0.2) is 75.9 Å². The van der Waals surface area contributed by atoms with E-state index in [9.17, 15) is 18.8 Å². The van der Waals surface area contributed by atoms with Crippen LogP contribution in [0, 0.1) is 5.82 Å². The molecule has 0 spiro atoms. The van der Waals surface area contributed by atoms with Gasteiger partial charge in [0, 0.05) is 5.69 Å². The van der Waals surface area contributed by atoms with Crippen LogP contribution in [-0.4, -0.2) is 18.5 Å². The third-order valence-corrected chi connectivity index (χ3v) is 6.65. The van der Waals surface area contributed by atoms with Crippen molar-refractivity contribution in [2.24, 2.45) is 0 Å². The first-order chi connectivity index (χ1) is 17.9. The molecule has 0 radical (unpaired) electrons. The smallest absolute Gasteiger partial charge is 0.338 e. The van der Waals surface area contributed by atoms with Gasteiger partial charge in [0.1, 0.15) is 11.4 Å².